The third-order valence-electron chi connectivity index (χ3n) is 2.74. The molecule has 5 heteroatoms. The van der Waals surface area contributed by atoms with Gasteiger partial charge in [-0.05, 0) is 30.2 Å². The van der Waals surface area contributed by atoms with Crippen LogP contribution >= 0.6 is 0 Å². The van der Waals surface area contributed by atoms with Gasteiger partial charge in [-0.2, -0.15) is 0 Å². The number of aliphatic carboxylic acids is 1. The summed E-state index contributed by atoms with van der Waals surface area (Å²) >= 11 is 0. The number of oxazole rings is 1. The Labute approximate surface area is 105 Å². The van der Waals surface area contributed by atoms with Crippen LogP contribution in [0.1, 0.15) is 18.9 Å². The third kappa shape index (κ3) is 3.30. The lowest BCUT2D eigenvalue weighted by Crippen LogP contribution is -2.22. The lowest BCUT2D eigenvalue weighted by molar-refractivity contribution is -0.137. The molecule has 5 nitrogen and oxygen atoms in total. The minimum absolute atomic E-state index is 0.122. The second kappa shape index (κ2) is 5.64. The van der Waals surface area contributed by atoms with E-state index in [1.165, 1.54) is 6.39 Å². The number of rotatable bonds is 6. The average Bonchev–Trinajstić information content (AvgIpc) is 2.75. The molecule has 0 aliphatic carbocycles. The maximum atomic E-state index is 10.5. The van der Waals surface area contributed by atoms with Crippen molar-refractivity contribution >= 4 is 17.1 Å². The van der Waals surface area contributed by atoms with Gasteiger partial charge in [0.25, 0.3) is 0 Å². The number of fused-ring (bicyclic) bond motifs is 1. The SMILES string of the molecule is CC(CNCc1ccc2ncoc2c1)CC(=O)O. The van der Waals surface area contributed by atoms with Crippen LogP contribution in [0, 0.1) is 5.92 Å². The quantitative estimate of drug-likeness (QED) is 0.818. The monoisotopic (exact) mass is 248 g/mol. The molecule has 0 radical (unpaired) electrons. The Hall–Kier alpha value is -1.88. The van der Waals surface area contributed by atoms with Crippen molar-refractivity contribution in [3.05, 3.63) is 30.2 Å². The molecule has 96 valence electrons. The Morgan fingerprint density at radius 3 is 3.17 bits per heavy atom. The minimum Gasteiger partial charge on any atom is -0.481 e. The molecule has 0 saturated heterocycles. The first-order valence-electron chi connectivity index (χ1n) is 5.90. The molecule has 0 fully saturated rings. The number of benzene rings is 1. The number of aromatic nitrogens is 1. The summed E-state index contributed by atoms with van der Waals surface area (Å²) in [4.78, 5) is 14.6. The average molecular weight is 248 g/mol. The molecule has 0 aliphatic heterocycles. The largest absolute Gasteiger partial charge is 0.481 e. The van der Waals surface area contributed by atoms with Gasteiger partial charge in [0.15, 0.2) is 12.0 Å². The molecule has 0 spiro atoms. The molecular formula is C13H16N2O3. The molecule has 0 saturated carbocycles. The van der Waals surface area contributed by atoms with E-state index in [1.807, 2.05) is 25.1 Å². The van der Waals surface area contributed by atoms with Gasteiger partial charge in [0, 0.05) is 13.0 Å². The van der Waals surface area contributed by atoms with Gasteiger partial charge in [-0.25, -0.2) is 4.98 Å². The molecule has 1 heterocycles. The summed E-state index contributed by atoms with van der Waals surface area (Å²) in [7, 11) is 0. The van der Waals surface area contributed by atoms with Crippen molar-refractivity contribution in [3.63, 3.8) is 0 Å². The highest BCUT2D eigenvalue weighted by molar-refractivity contribution is 5.72. The van der Waals surface area contributed by atoms with Crippen LogP contribution in [-0.4, -0.2) is 22.6 Å². The zero-order valence-corrected chi connectivity index (χ0v) is 10.2. The fourth-order valence-electron chi connectivity index (χ4n) is 1.84. The fourth-order valence-corrected chi connectivity index (χ4v) is 1.84. The van der Waals surface area contributed by atoms with E-state index in [2.05, 4.69) is 10.3 Å². The van der Waals surface area contributed by atoms with Gasteiger partial charge in [-0.3, -0.25) is 4.79 Å². The van der Waals surface area contributed by atoms with Crippen molar-refractivity contribution in [2.75, 3.05) is 6.54 Å². The highest BCUT2D eigenvalue weighted by Gasteiger charge is 2.07. The summed E-state index contributed by atoms with van der Waals surface area (Å²) in [5, 5.41) is 11.9. The smallest absolute Gasteiger partial charge is 0.303 e. The lowest BCUT2D eigenvalue weighted by Gasteiger charge is -2.10. The molecular weight excluding hydrogens is 232 g/mol. The van der Waals surface area contributed by atoms with Crippen LogP contribution in [0.25, 0.3) is 11.1 Å². The zero-order valence-electron chi connectivity index (χ0n) is 10.2. The van der Waals surface area contributed by atoms with Crippen LogP contribution in [-0.2, 0) is 11.3 Å². The second-order valence-electron chi connectivity index (χ2n) is 4.49. The Bertz CT molecular complexity index is 536. The van der Waals surface area contributed by atoms with Crippen LogP contribution in [0.15, 0.2) is 29.0 Å². The van der Waals surface area contributed by atoms with E-state index in [0.29, 0.717) is 13.1 Å². The van der Waals surface area contributed by atoms with E-state index in [4.69, 9.17) is 9.52 Å². The molecule has 0 bridgehead atoms. The number of nitrogens with zero attached hydrogens (tertiary/aromatic N) is 1. The first-order valence-corrected chi connectivity index (χ1v) is 5.90. The highest BCUT2D eigenvalue weighted by Crippen LogP contribution is 2.14. The van der Waals surface area contributed by atoms with Gasteiger partial charge in [0.1, 0.15) is 5.52 Å². The van der Waals surface area contributed by atoms with Crippen molar-refractivity contribution in [1.82, 2.24) is 10.3 Å². The molecule has 1 unspecified atom stereocenters. The van der Waals surface area contributed by atoms with E-state index in [-0.39, 0.29) is 12.3 Å². The van der Waals surface area contributed by atoms with Crippen LogP contribution in [0.2, 0.25) is 0 Å². The third-order valence-corrected chi connectivity index (χ3v) is 2.74. The highest BCUT2D eigenvalue weighted by atomic mass is 16.4. The van der Waals surface area contributed by atoms with Crippen LogP contribution < -0.4 is 5.32 Å². The molecule has 1 aromatic carbocycles. The van der Waals surface area contributed by atoms with Crippen LogP contribution in [0.4, 0.5) is 0 Å². The van der Waals surface area contributed by atoms with Gasteiger partial charge in [-0.1, -0.05) is 13.0 Å². The summed E-state index contributed by atoms with van der Waals surface area (Å²) < 4.78 is 5.22. The number of carboxylic acids is 1. The van der Waals surface area contributed by atoms with Crippen LogP contribution in [0.5, 0.6) is 0 Å². The molecule has 0 amide bonds. The molecule has 2 aromatic rings. The number of hydrogen-bond donors (Lipinski definition) is 2. The Morgan fingerprint density at radius 2 is 2.39 bits per heavy atom. The van der Waals surface area contributed by atoms with Crippen LogP contribution in [0.3, 0.4) is 0 Å². The molecule has 2 rings (SSSR count). The standard InChI is InChI=1S/C13H16N2O3/c1-9(4-13(16)17)6-14-7-10-2-3-11-12(5-10)18-8-15-11/h2-3,5,8-9,14H,4,6-7H2,1H3,(H,16,17). The molecule has 1 atom stereocenters. The Morgan fingerprint density at radius 1 is 1.56 bits per heavy atom. The fraction of sp³-hybridized carbons (Fsp3) is 0.385. The lowest BCUT2D eigenvalue weighted by atomic mass is 10.1. The zero-order chi connectivity index (χ0) is 13.0. The summed E-state index contributed by atoms with van der Waals surface area (Å²) in [6, 6.07) is 5.84. The normalized spacial score (nSPS) is 12.7. The van der Waals surface area contributed by atoms with E-state index >= 15 is 0 Å². The van der Waals surface area contributed by atoms with E-state index in [0.717, 1.165) is 16.7 Å². The summed E-state index contributed by atoms with van der Waals surface area (Å²) in [6.07, 6.45) is 1.62. The number of carboxylic acid groups (broad SMARTS) is 1. The van der Waals surface area contributed by atoms with E-state index < -0.39 is 5.97 Å². The van der Waals surface area contributed by atoms with E-state index in [9.17, 15) is 4.79 Å². The summed E-state index contributed by atoms with van der Waals surface area (Å²) in [5.41, 5.74) is 2.72. The first kappa shape index (κ1) is 12.6. The minimum atomic E-state index is -0.757. The predicted molar refractivity (Wildman–Crippen MR) is 67.1 cm³/mol. The van der Waals surface area contributed by atoms with Crippen molar-refractivity contribution < 1.29 is 14.3 Å². The Balaban J connectivity index is 1.84. The second-order valence-corrected chi connectivity index (χ2v) is 4.49. The van der Waals surface area contributed by atoms with Gasteiger partial charge in [0.2, 0.25) is 0 Å². The topological polar surface area (TPSA) is 75.4 Å². The van der Waals surface area contributed by atoms with Crippen molar-refractivity contribution in [1.29, 1.82) is 0 Å². The summed E-state index contributed by atoms with van der Waals surface area (Å²) in [6.45, 7) is 3.29. The number of carbonyl (C=O) groups is 1. The molecule has 18 heavy (non-hydrogen) atoms. The number of hydrogen-bond acceptors (Lipinski definition) is 4. The molecule has 1 aromatic heterocycles. The van der Waals surface area contributed by atoms with Crippen molar-refractivity contribution in [3.8, 4) is 0 Å². The first-order chi connectivity index (χ1) is 8.65. The van der Waals surface area contributed by atoms with Gasteiger partial charge in [-0.15, -0.1) is 0 Å². The maximum Gasteiger partial charge on any atom is 0.303 e. The van der Waals surface area contributed by atoms with Gasteiger partial charge < -0.3 is 14.8 Å². The predicted octanol–water partition coefficient (Wildman–Crippen LogP) is 2.03. The van der Waals surface area contributed by atoms with Crippen molar-refractivity contribution in [2.24, 2.45) is 5.92 Å². The van der Waals surface area contributed by atoms with Crippen molar-refractivity contribution in [2.45, 2.75) is 19.9 Å². The van der Waals surface area contributed by atoms with Gasteiger partial charge >= 0.3 is 5.97 Å². The molecule has 2 N–H and O–H groups in total. The summed E-state index contributed by atoms with van der Waals surface area (Å²) in [5.74, 6) is -0.635. The molecule has 0 aliphatic rings. The number of nitrogens with one attached hydrogen (secondary N) is 1. The van der Waals surface area contributed by atoms with Gasteiger partial charge in [0.05, 0.1) is 0 Å². The maximum absolute atomic E-state index is 10.5. The Kier molecular flexibility index (Phi) is 3.94. The van der Waals surface area contributed by atoms with E-state index in [1.54, 1.807) is 0 Å².